The highest BCUT2D eigenvalue weighted by molar-refractivity contribution is 5.68. The summed E-state index contributed by atoms with van der Waals surface area (Å²) in [6.45, 7) is 0.667. The first kappa shape index (κ1) is 20.2. The molecule has 2 atom stereocenters. The maximum Gasteiger partial charge on any atom is 0.279 e. The third-order valence-electron chi connectivity index (χ3n) is 5.49. The van der Waals surface area contributed by atoms with Gasteiger partial charge in [-0.15, -0.1) is 0 Å². The zero-order valence-electron chi connectivity index (χ0n) is 17.0. The molecule has 9 heteroatoms. The van der Waals surface area contributed by atoms with Crippen molar-refractivity contribution in [1.82, 2.24) is 14.6 Å². The lowest BCUT2D eigenvalue weighted by Gasteiger charge is -2.26. The van der Waals surface area contributed by atoms with Crippen LogP contribution in [0.5, 0.6) is 5.75 Å². The molecule has 0 bridgehead atoms. The number of nitrogens with one attached hydrogen (secondary N) is 1. The largest absolute Gasteiger partial charge is 0.447 e. The van der Waals surface area contributed by atoms with Gasteiger partial charge in [0.15, 0.2) is 5.65 Å². The van der Waals surface area contributed by atoms with Gasteiger partial charge in [-0.1, -0.05) is 18.2 Å². The van der Waals surface area contributed by atoms with Gasteiger partial charge in [-0.05, 0) is 49.2 Å². The van der Waals surface area contributed by atoms with Crippen molar-refractivity contribution in [2.24, 2.45) is 0 Å². The lowest BCUT2D eigenvalue weighted by atomic mass is 10.0. The van der Waals surface area contributed by atoms with Gasteiger partial charge < -0.3 is 20.1 Å². The van der Waals surface area contributed by atoms with E-state index in [1.165, 1.54) is 12.3 Å². The number of halogens is 2. The Morgan fingerprint density at radius 2 is 1.97 bits per heavy atom. The van der Waals surface area contributed by atoms with Crippen LogP contribution >= 0.6 is 0 Å². The summed E-state index contributed by atoms with van der Waals surface area (Å²) in [6, 6.07) is 13.9. The zero-order chi connectivity index (χ0) is 22.1. The van der Waals surface area contributed by atoms with Gasteiger partial charge in [0.2, 0.25) is 0 Å². The van der Waals surface area contributed by atoms with Crippen molar-refractivity contribution in [3.8, 4) is 5.75 Å². The number of hydrogen-bond donors (Lipinski definition) is 2. The topological polar surface area (TPSA) is 74.9 Å². The molecular formula is C23H21F2N5O2. The lowest BCUT2D eigenvalue weighted by molar-refractivity contribution is 0.00783. The van der Waals surface area contributed by atoms with E-state index in [1.54, 1.807) is 41.0 Å². The second-order valence-electron chi connectivity index (χ2n) is 7.56. The van der Waals surface area contributed by atoms with Crippen molar-refractivity contribution in [3.63, 3.8) is 0 Å². The fraction of sp³-hybridized carbons (Fsp3) is 0.217. The molecule has 1 aliphatic heterocycles. The van der Waals surface area contributed by atoms with E-state index in [1.807, 2.05) is 11.0 Å². The number of aliphatic hydroxyl groups is 1. The van der Waals surface area contributed by atoms with Crippen LogP contribution in [-0.2, 0) is 0 Å². The van der Waals surface area contributed by atoms with Crippen LogP contribution in [0.4, 0.5) is 20.3 Å². The van der Waals surface area contributed by atoms with Crippen LogP contribution < -0.4 is 15.0 Å². The molecule has 1 unspecified atom stereocenters. The molecule has 2 aromatic carbocycles. The van der Waals surface area contributed by atoms with Crippen LogP contribution in [0.25, 0.3) is 5.65 Å². The Kier molecular flexibility index (Phi) is 5.32. The first-order valence-corrected chi connectivity index (χ1v) is 10.3. The van der Waals surface area contributed by atoms with Crippen LogP contribution in [0.3, 0.4) is 0 Å². The van der Waals surface area contributed by atoms with E-state index in [9.17, 15) is 13.9 Å². The molecule has 0 amide bonds. The van der Waals surface area contributed by atoms with E-state index in [4.69, 9.17) is 4.74 Å². The number of benzene rings is 2. The van der Waals surface area contributed by atoms with Crippen molar-refractivity contribution in [3.05, 3.63) is 84.2 Å². The third-order valence-corrected chi connectivity index (χ3v) is 5.49. The predicted octanol–water partition coefficient (Wildman–Crippen LogP) is 4.12. The lowest BCUT2D eigenvalue weighted by Crippen LogP contribution is -2.26. The molecule has 1 fully saturated rings. The molecule has 7 nitrogen and oxygen atoms in total. The number of fused-ring (bicyclic) bond motifs is 1. The van der Waals surface area contributed by atoms with Crippen molar-refractivity contribution >= 4 is 17.2 Å². The Morgan fingerprint density at radius 1 is 1.12 bits per heavy atom. The van der Waals surface area contributed by atoms with Crippen LogP contribution in [0, 0.1) is 11.6 Å². The Morgan fingerprint density at radius 3 is 2.81 bits per heavy atom. The quantitative estimate of drug-likeness (QED) is 0.442. The highest BCUT2D eigenvalue weighted by atomic mass is 19.1. The molecule has 0 radical (unpaired) electrons. The molecule has 5 rings (SSSR count). The van der Waals surface area contributed by atoms with Crippen molar-refractivity contribution in [2.45, 2.75) is 25.3 Å². The number of aromatic nitrogens is 3. The number of aliphatic hydroxyl groups excluding tert-OH is 1. The summed E-state index contributed by atoms with van der Waals surface area (Å²) < 4.78 is 35.2. The minimum Gasteiger partial charge on any atom is -0.447 e. The van der Waals surface area contributed by atoms with E-state index in [2.05, 4.69) is 15.4 Å². The maximum atomic E-state index is 14.4. The third kappa shape index (κ3) is 3.94. The van der Waals surface area contributed by atoms with Gasteiger partial charge in [-0.25, -0.2) is 18.3 Å². The predicted molar refractivity (Wildman–Crippen MR) is 115 cm³/mol. The molecule has 164 valence electrons. The number of para-hydroxylation sites is 1. The van der Waals surface area contributed by atoms with Gasteiger partial charge in [0, 0.05) is 18.3 Å². The molecule has 2 aromatic heterocycles. The molecule has 2 N–H and O–H groups in total. The number of anilines is 2. The molecule has 4 aromatic rings. The molecule has 3 heterocycles. The number of nitrogens with zero attached hydrogens (tertiary/aromatic N) is 4. The number of hydrogen-bond acceptors (Lipinski definition) is 6. The molecule has 0 saturated carbocycles. The van der Waals surface area contributed by atoms with Gasteiger partial charge in [-0.3, -0.25) is 0 Å². The minimum absolute atomic E-state index is 0.313. The summed E-state index contributed by atoms with van der Waals surface area (Å²) in [5.74, 6) is 0.226. The standard InChI is InChI=1S/C23H21F2N5O2/c24-15-8-9-18(25)17(13-15)20-7-4-11-29(20)21-10-12-30-22(28-21)19(14-26-30)27-23(31)32-16-5-2-1-3-6-16/h1-3,5-6,8-10,12-14,20,23,27,31H,4,7,11H2/t20-,23?/m1/s1. The molecule has 32 heavy (non-hydrogen) atoms. The number of rotatable bonds is 6. The highest BCUT2D eigenvalue weighted by Crippen LogP contribution is 2.37. The molecular weight excluding hydrogens is 416 g/mol. The normalized spacial score (nSPS) is 17.0. The summed E-state index contributed by atoms with van der Waals surface area (Å²) in [6.07, 6.45) is 3.50. The van der Waals surface area contributed by atoms with Crippen LogP contribution in [-0.4, -0.2) is 32.7 Å². The van der Waals surface area contributed by atoms with E-state index in [0.29, 0.717) is 41.4 Å². The summed E-state index contributed by atoms with van der Waals surface area (Å²) in [4.78, 5) is 6.65. The summed E-state index contributed by atoms with van der Waals surface area (Å²) in [5, 5.41) is 17.4. The van der Waals surface area contributed by atoms with E-state index in [0.717, 1.165) is 18.6 Å². The summed E-state index contributed by atoms with van der Waals surface area (Å²) in [7, 11) is 0. The fourth-order valence-electron chi connectivity index (χ4n) is 4.05. The van der Waals surface area contributed by atoms with Gasteiger partial charge >= 0.3 is 0 Å². The smallest absolute Gasteiger partial charge is 0.279 e. The van der Waals surface area contributed by atoms with E-state index >= 15 is 0 Å². The second kappa shape index (κ2) is 8.43. The van der Waals surface area contributed by atoms with Crippen LogP contribution in [0.2, 0.25) is 0 Å². The van der Waals surface area contributed by atoms with E-state index in [-0.39, 0.29) is 6.04 Å². The van der Waals surface area contributed by atoms with Crippen LogP contribution in [0.15, 0.2) is 67.0 Å². The summed E-state index contributed by atoms with van der Waals surface area (Å²) in [5.41, 5.74) is 1.27. The molecule has 1 aliphatic rings. The molecule has 0 aliphatic carbocycles. The SMILES string of the molecule is OC(Nc1cnn2ccc(N3CCC[C@@H]3c3cc(F)ccc3F)nc12)Oc1ccccc1. The zero-order valence-corrected chi connectivity index (χ0v) is 17.0. The second-order valence-corrected chi connectivity index (χ2v) is 7.56. The Hall–Kier alpha value is -3.72. The Labute approximate surface area is 182 Å². The highest BCUT2D eigenvalue weighted by Gasteiger charge is 2.30. The van der Waals surface area contributed by atoms with Gasteiger partial charge in [0.25, 0.3) is 6.41 Å². The monoisotopic (exact) mass is 437 g/mol. The minimum atomic E-state index is -1.31. The summed E-state index contributed by atoms with van der Waals surface area (Å²) >= 11 is 0. The average molecular weight is 437 g/mol. The van der Waals surface area contributed by atoms with Crippen molar-refractivity contribution in [1.29, 1.82) is 0 Å². The Balaban J connectivity index is 1.41. The van der Waals surface area contributed by atoms with E-state index < -0.39 is 18.0 Å². The van der Waals surface area contributed by atoms with Gasteiger partial charge in [0.05, 0.1) is 12.2 Å². The average Bonchev–Trinajstić information content (AvgIpc) is 3.43. The van der Waals surface area contributed by atoms with Crippen molar-refractivity contribution in [2.75, 3.05) is 16.8 Å². The first-order chi connectivity index (χ1) is 15.6. The van der Waals surface area contributed by atoms with Gasteiger partial charge in [0.1, 0.15) is 28.9 Å². The van der Waals surface area contributed by atoms with Crippen molar-refractivity contribution < 1.29 is 18.6 Å². The molecule has 1 saturated heterocycles. The van der Waals surface area contributed by atoms with Crippen LogP contribution in [0.1, 0.15) is 24.4 Å². The first-order valence-electron chi connectivity index (χ1n) is 10.3. The molecule has 0 spiro atoms. The maximum absolute atomic E-state index is 14.4. The van der Waals surface area contributed by atoms with Gasteiger partial charge in [-0.2, -0.15) is 5.10 Å². The Bertz CT molecular complexity index is 1230. The number of ether oxygens (including phenoxy) is 1. The fourth-order valence-corrected chi connectivity index (χ4v) is 4.05.